The molecule has 0 N–H and O–H groups in total. The summed E-state index contributed by atoms with van der Waals surface area (Å²) in [6.07, 6.45) is 2.88. The molecule has 7 heteroatoms. The van der Waals surface area contributed by atoms with E-state index in [1.54, 1.807) is 31.2 Å². The van der Waals surface area contributed by atoms with Crippen molar-refractivity contribution in [2.75, 3.05) is 4.90 Å². The lowest BCUT2D eigenvalue weighted by atomic mass is 9.85. The van der Waals surface area contributed by atoms with Crippen LogP contribution in [-0.2, 0) is 14.3 Å². The Bertz CT molecular complexity index is 726. The minimum absolute atomic E-state index is 0.104. The Morgan fingerprint density at radius 2 is 1.73 bits per heavy atom. The predicted octanol–water partition coefficient (Wildman–Crippen LogP) is 1.35. The van der Waals surface area contributed by atoms with E-state index >= 15 is 0 Å². The van der Waals surface area contributed by atoms with Crippen LogP contribution in [0.4, 0.5) is 11.4 Å². The summed E-state index contributed by atoms with van der Waals surface area (Å²) in [6, 6.07) is 4.39. The zero-order valence-corrected chi connectivity index (χ0v) is 11.6. The largest absolute Gasteiger partial charge is 0.365 e. The number of aryl methyl sites for hydroxylation is 1. The van der Waals surface area contributed by atoms with Gasteiger partial charge in [0.25, 0.3) is 5.69 Å². The molecule has 7 nitrogen and oxygen atoms in total. The molecule has 2 bridgehead atoms. The third kappa shape index (κ3) is 1.54. The van der Waals surface area contributed by atoms with Gasteiger partial charge < -0.3 is 4.74 Å². The number of amides is 2. The van der Waals surface area contributed by atoms with Crippen LogP contribution in [0.3, 0.4) is 0 Å². The van der Waals surface area contributed by atoms with Crippen molar-refractivity contribution in [3.63, 3.8) is 0 Å². The van der Waals surface area contributed by atoms with Gasteiger partial charge in [0.15, 0.2) is 0 Å². The van der Waals surface area contributed by atoms with Gasteiger partial charge in [-0.3, -0.25) is 19.7 Å². The first-order valence-corrected chi connectivity index (χ1v) is 6.95. The number of rotatable bonds is 2. The van der Waals surface area contributed by atoms with Crippen molar-refractivity contribution >= 4 is 23.2 Å². The van der Waals surface area contributed by atoms with E-state index < -0.39 is 16.8 Å². The number of imide groups is 1. The molecule has 0 aliphatic carbocycles. The normalized spacial score (nSPS) is 32.0. The molecule has 2 saturated heterocycles. The lowest BCUT2D eigenvalue weighted by Crippen LogP contribution is -2.34. The fourth-order valence-electron chi connectivity index (χ4n) is 3.49. The zero-order valence-electron chi connectivity index (χ0n) is 11.6. The minimum atomic E-state index is -0.515. The van der Waals surface area contributed by atoms with Gasteiger partial charge in [0.1, 0.15) is 0 Å². The number of hydrogen-bond acceptors (Lipinski definition) is 5. The lowest BCUT2D eigenvalue weighted by molar-refractivity contribution is -0.385. The first-order chi connectivity index (χ1) is 10.5. The van der Waals surface area contributed by atoms with Gasteiger partial charge in [0.2, 0.25) is 11.8 Å². The van der Waals surface area contributed by atoms with Crippen molar-refractivity contribution in [1.29, 1.82) is 0 Å². The Kier molecular flexibility index (Phi) is 2.53. The minimum Gasteiger partial charge on any atom is -0.365 e. The van der Waals surface area contributed by atoms with Gasteiger partial charge in [0.05, 0.1) is 34.7 Å². The molecule has 1 aromatic rings. The van der Waals surface area contributed by atoms with Gasteiger partial charge in [-0.05, 0) is 13.0 Å². The summed E-state index contributed by atoms with van der Waals surface area (Å²) in [5.74, 6) is -1.71. The molecule has 3 aliphatic heterocycles. The maximum absolute atomic E-state index is 12.6. The van der Waals surface area contributed by atoms with Gasteiger partial charge in [-0.15, -0.1) is 0 Å². The van der Waals surface area contributed by atoms with Crippen LogP contribution in [0.1, 0.15) is 5.56 Å². The molecule has 2 fully saturated rings. The fraction of sp³-hybridized carbons (Fsp3) is 0.333. The molecule has 3 heterocycles. The molecule has 2 amide bonds. The van der Waals surface area contributed by atoms with Crippen LogP contribution in [0.25, 0.3) is 0 Å². The molecular formula is C15H12N2O5. The maximum Gasteiger partial charge on any atom is 0.274 e. The van der Waals surface area contributed by atoms with E-state index in [-0.39, 0.29) is 35.4 Å². The Hall–Kier alpha value is -2.54. The summed E-state index contributed by atoms with van der Waals surface area (Å²) >= 11 is 0. The SMILES string of the molecule is Cc1ccc(N2C(=O)C3C4C=CC(O4)C3C2=O)cc1[N+](=O)[O-]. The lowest BCUT2D eigenvalue weighted by Gasteiger charge is -2.17. The highest BCUT2D eigenvalue weighted by Gasteiger charge is 2.61. The Morgan fingerprint density at radius 3 is 2.27 bits per heavy atom. The average molecular weight is 300 g/mol. The molecule has 22 heavy (non-hydrogen) atoms. The molecule has 0 aromatic heterocycles. The number of carbonyl (C=O) groups excluding carboxylic acids is 2. The van der Waals surface area contributed by atoms with E-state index in [9.17, 15) is 19.7 Å². The van der Waals surface area contributed by atoms with Gasteiger partial charge in [-0.25, -0.2) is 4.90 Å². The molecule has 4 unspecified atom stereocenters. The number of hydrogen-bond donors (Lipinski definition) is 0. The van der Waals surface area contributed by atoms with E-state index in [1.165, 1.54) is 6.07 Å². The van der Waals surface area contributed by atoms with Crippen molar-refractivity contribution in [2.45, 2.75) is 19.1 Å². The third-order valence-corrected chi connectivity index (χ3v) is 4.56. The summed E-state index contributed by atoms with van der Waals surface area (Å²) in [5, 5.41) is 11.0. The smallest absolute Gasteiger partial charge is 0.274 e. The quantitative estimate of drug-likeness (QED) is 0.356. The molecule has 0 saturated carbocycles. The summed E-state index contributed by atoms with van der Waals surface area (Å²) in [6.45, 7) is 1.61. The summed E-state index contributed by atoms with van der Waals surface area (Å²) in [5.41, 5.74) is 0.631. The number of ether oxygens (including phenoxy) is 1. The van der Waals surface area contributed by atoms with Crippen molar-refractivity contribution in [3.8, 4) is 0 Å². The average Bonchev–Trinajstić information content (AvgIpc) is 3.14. The number of anilines is 1. The van der Waals surface area contributed by atoms with Crippen LogP contribution in [0, 0.1) is 28.9 Å². The van der Waals surface area contributed by atoms with E-state index in [4.69, 9.17) is 4.74 Å². The van der Waals surface area contributed by atoms with Gasteiger partial charge in [-0.1, -0.05) is 18.2 Å². The van der Waals surface area contributed by atoms with Crippen molar-refractivity contribution in [1.82, 2.24) is 0 Å². The molecule has 0 spiro atoms. The van der Waals surface area contributed by atoms with Crippen LogP contribution < -0.4 is 4.90 Å². The summed E-state index contributed by atoms with van der Waals surface area (Å²) in [7, 11) is 0. The Balaban J connectivity index is 1.76. The Labute approximate surface area is 125 Å². The third-order valence-electron chi connectivity index (χ3n) is 4.56. The number of benzene rings is 1. The molecule has 3 aliphatic rings. The monoisotopic (exact) mass is 300 g/mol. The van der Waals surface area contributed by atoms with Crippen LogP contribution in [0.2, 0.25) is 0 Å². The highest BCUT2D eigenvalue weighted by molar-refractivity contribution is 6.23. The van der Waals surface area contributed by atoms with Crippen LogP contribution in [0.5, 0.6) is 0 Å². The van der Waals surface area contributed by atoms with Crippen LogP contribution >= 0.6 is 0 Å². The number of nitro groups is 1. The van der Waals surface area contributed by atoms with Crippen LogP contribution in [0.15, 0.2) is 30.4 Å². The first kappa shape index (κ1) is 13.1. The van der Waals surface area contributed by atoms with Crippen molar-refractivity contribution in [2.24, 2.45) is 11.8 Å². The highest BCUT2D eigenvalue weighted by atomic mass is 16.6. The van der Waals surface area contributed by atoms with E-state index in [0.717, 1.165) is 4.90 Å². The molecule has 0 radical (unpaired) electrons. The second kappa shape index (κ2) is 4.23. The second-order valence-electron chi connectivity index (χ2n) is 5.74. The first-order valence-electron chi connectivity index (χ1n) is 6.95. The van der Waals surface area contributed by atoms with E-state index in [0.29, 0.717) is 5.56 Å². The summed E-state index contributed by atoms with van der Waals surface area (Å²) < 4.78 is 5.56. The van der Waals surface area contributed by atoms with Gasteiger partial charge in [-0.2, -0.15) is 0 Å². The number of carbonyl (C=O) groups is 2. The van der Waals surface area contributed by atoms with Gasteiger partial charge in [0, 0.05) is 11.6 Å². The number of nitrogens with zero attached hydrogens (tertiary/aromatic N) is 2. The van der Waals surface area contributed by atoms with E-state index in [2.05, 4.69) is 0 Å². The van der Waals surface area contributed by atoms with Gasteiger partial charge >= 0.3 is 0 Å². The van der Waals surface area contributed by atoms with Crippen molar-refractivity contribution in [3.05, 3.63) is 46.0 Å². The molecule has 112 valence electrons. The van der Waals surface area contributed by atoms with Crippen molar-refractivity contribution < 1.29 is 19.2 Å². The molecule has 1 aromatic carbocycles. The summed E-state index contributed by atoms with van der Waals surface area (Å²) in [4.78, 5) is 36.8. The molecule has 4 rings (SSSR count). The molecular weight excluding hydrogens is 288 g/mol. The number of fused-ring (bicyclic) bond motifs is 5. The topological polar surface area (TPSA) is 89.8 Å². The Morgan fingerprint density at radius 1 is 1.14 bits per heavy atom. The second-order valence-corrected chi connectivity index (χ2v) is 5.74. The standard InChI is InChI=1S/C15H12N2O5/c1-7-2-3-8(6-9(7)17(20)21)16-14(18)12-10-4-5-11(22-10)13(12)15(16)19/h2-6,10-13H,1H3. The highest BCUT2D eigenvalue weighted by Crippen LogP contribution is 2.46. The maximum atomic E-state index is 12.6. The molecule has 4 atom stereocenters. The zero-order chi connectivity index (χ0) is 15.6. The number of nitro benzene ring substituents is 1. The van der Waals surface area contributed by atoms with E-state index in [1.807, 2.05) is 0 Å². The van der Waals surface area contributed by atoms with Crippen LogP contribution in [-0.4, -0.2) is 28.9 Å². The fourth-order valence-corrected chi connectivity index (χ4v) is 3.49. The predicted molar refractivity (Wildman–Crippen MR) is 75.1 cm³/mol.